The van der Waals surface area contributed by atoms with Crippen molar-refractivity contribution in [3.63, 3.8) is 0 Å². The molecule has 2 aromatic carbocycles. The van der Waals surface area contributed by atoms with E-state index in [9.17, 15) is 9.90 Å². The van der Waals surface area contributed by atoms with E-state index in [2.05, 4.69) is 45.5 Å². The maximum atomic E-state index is 11.5. The van der Waals surface area contributed by atoms with E-state index >= 15 is 0 Å². The lowest BCUT2D eigenvalue weighted by Gasteiger charge is -2.38. The van der Waals surface area contributed by atoms with Gasteiger partial charge in [0.15, 0.2) is 0 Å². The molecular weight excluding hydrogens is 354 g/mol. The highest BCUT2D eigenvalue weighted by atomic mass is 79.9. The SMILES string of the molecule is O=C([O-])c1cccc2c1N[C@H](c1cccc(Br)c1)[C@@H]1CC=C[C@@H]21. The van der Waals surface area contributed by atoms with Crippen LogP contribution in [0.3, 0.4) is 0 Å². The molecule has 0 amide bonds. The fourth-order valence-electron chi connectivity index (χ4n) is 3.82. The largest absolute Gasteiger partial charge is 0.545 e. The van der Waals surface area contributed by atoms with E-state index in [1.165, 1.54) is 0 Å². The molecule has 4 heteroatoms. The van der Waals surface area contributed by atoms with Gasteiger partial charge in [0, 0.05) is 21.6 Å². The van der Waals surface area contributed by atoms with Crippen molar-refractivity contribution < 1.29 is 9.90 Å². The van der Waals surface area contributed by atoms with Crippen LogP contribution in [0, 0.1) is 5.92 Å². The fourth-order valence-corrected chi connectivity index (χ4v) is 4.24. The van der Waals surface area contributed by atoms with Crippen LogP contribution in [0.25, 0.3) is 0 Å². The Labute approximate surface area is 143 Å². The number of carbonyl (C=O) groups is 1. The normalized spacial score (nSPS) is 24.7. The zero-order valence-electron chi connectivity index (χ0n) is 12.3. The van der Waals surface area contributed by atoms with E-state index in [0.29, 0.717) is 11.6 Å². The minimum Gasteiger partial charge on any atom is -0.545 e. The number of carboxylic acid groups (broad SMARTS) is 1. The van der Waals surface area contributed by atoms with Crippen molar-refractivity contribution in [1.82, 2.24) is 0 Å². The summed E-state index contributed by atoms with van der Waals surface area (Å²) in [7, 11) is 0. The molecule has 116 valence electrons. The van der Waals surface area contributed by atoms with Gasteiger partial charge in [0.05, 0.1) is 12.0 Å². The number of hydrogen-bond donors (Lipinski definition) is 1. The van der Waals surface area contributed by atoms with Gasteiger partial charge in [-0.25, -0.2) is 0 Å². The molecule has 1 N–H and O–H groups in total. The molecule has 23 heavy (non-hydrogen) atoms. The highest BCUT2D eigenvalue weighted by Crippen LogP contribution is 2.50. The number of fused-ring (bicyclic) bond motifs is 3. The standard InChI is InChI=1S/C19H16BrNO2/c20-12-5-1-4-11(10-12)17-14-7-2-6-13(14)15-8-3-9-16(19(22)23)18(15)21-17/h1-6,8-10,13-14,17,21H,7H2,(H,22,23)/p-1/t13-,14-,17-/m1/s1. The molecule has 3 nitrogen and oxygen atoms in total. The summed E-state index contributed by atoms with van der Waals surface area (Å²) < 4.78 is 1.03. The molecule has 0 fully saturated rings. The first kappa shape index (κ1) is 14.5. The summed E-state index contributed by atoms with van der Waals surface area (Å²) in [6, 6.07) is 13.7. The van der Waals surface area contributed by atoms with Crippen molar-refractivity contribution in [3.8, 4) is 0 Å². The Kier molecular flexibility index (Phi) is 3.49. The summed E-state index contributed by atoms with van der Waals surface area (Å²) in [5.74, 6) is -0.494. The Morgan fingerprint density at radius 3 is 2.83 bits per heavy atom. The van der Waals surface area contributed by atoms with Crippen LogP contribution in [-0.2, 0) is 0 Å². The topological polar surface area (TPSA) is 52.2 Å². The molecular formula is C19H15BrNO2-. The first-order chi connectivity index (χ1) is 11.1. The molecule has 1 aliphatic heterocycles. The second kappa shape index (κ2) is 5.53. The number of carboxylic acids is 1. The molecule has 0 bridgehead atoms. The van der Waals surface area contributed by atoms with Crippen LogP contribution in [0.4, 0.5) is 5.69 Å². The van der Waals surface area contributed by atoms with E-state index in [4.69, 9.17) is 0 Å². The molecule has 2 aliphatic rings. The molecule has 0 spiro atoms. The third-order valence-electron chi connectivity index (χ3n) is 4.82. The van der Waals surface area contributed by atoms with Crippen molar-refractivity contribution in [2.45, 2.75) is 18.4 Å². The van der Waals surface area contributed by atoms with Gasteiger partial charge in [0.1, 0.15) is 0 Å². The minimum absolute atomic E-state index is 0.0838. The third-order valence-corrected chi connectivity index (χ3v) is 5.32. The third kappa shape index (κ3) is 2.38. The van der Waals surface area contributed by atoms with Crippen LogP contribution < -0.4 is 10.4 Å². The zero-order chi connectivity index (χ0) is 16.0. The number of carbonyl (C=O) groups excluding carboxylic acids is 1. The average molecular weight is 369 g/mol. The molecule has 4 rings (SSSR count). The Bertz CT molecular complexity index is 815. The summed E-state index contributed by atoms with van der Waals surface area (Å²) >= 11 is 3.52. The number of aromatic carboxylic acids is 1. The predicted molar refractivity (Wildman–Crippen MR) is 91.3 cm³/mol. The van der Waals surface area contributed by atoms with Crippen LogP contribution in [0.15, 0.2) is 59.1 Å². The lowest BCUT2D eigenvalue weighted by atomic mass is 9.76. The maximum Gasteiger partial charge on any atom is 0.0736 e. The van der Waals surface area contributed by atoms with E-state index < -0.39 is 5.97 Å². The lowest BCUT2D eigenvalue weighted by Crippen LogP contribution is -2.32. The zero-order valence-corrected chi connectivity index (χ0v) is 13.9. The molecule has 0 saturated heterocycles. The van der Waals surface area contributed by atoms with Crippen LogP contribution in [0.5, 0.6) is 0 Å². The van der Waals surface area contributed by atoms with Gasteiger partial charge in [-0.2, -0.15) is 0 Å². The lowest BCUT2D eigenvalue weighted by molar-refractivity contribution is -0.254. The highest BCUT2D eigenvalue weighted by molar-refractivity contribution is 9.10. The first-order valence-electron chi connectivity index (χ1n) is 7.68. The minimum atomic E-state index is -1.14. The Morgan fingerprint density at radius 1 is 1.22 bits per heavy atom. The van der Waals surface area contributed by atoms with Gasteiger partial charge >= 0.3 is 0 Å². The predicted octanol–water partition coefficient (Wildman–Crippen LogP) is 3.64. The number of nitrogens with one attached hydrogen (secondary N) is 1. The van der Waals surface area contributed by atoms with Crippen molar-refractivity contribution in [3.05, 3.63) is 75.8 Å². The summed E-state index contributed by atoms with van der Waals surface area (Å²) in [6.45, 7) is 0. The van der Waals surface area contributed by atoms with Crippen molar-refractivity contribution in [1.29, 1.82) is 0 Å². The number of benzene rings is 2. The molecule has 0 radical (unpaired) electrons. The van der Waals surface area contributed by atoms with Gasteiger partial charge in [0.25, 0.3) is 0 Å². The number of anilines is 1. The van der Waals surface area contributed by atoms with E-state index in [1.807, 2.05) is 18.2 Å². The molecule has 0 unspecified atom stereocenters. The first-order valence-corrected chi connectivity index (χ1v) is 8.47. The van der Waals surface area contributed by atoms with Crippen molar-refractivity contribution >= 4 is 27.6 Å². The Morgan fingerprint density at radius 2 is 2.04 bits per heavy atom. The summed E-state index contributed by atoms with van der Waals surface area (Å²) in [4.78, 5) is 11.5. The quantitative estimate of drug-likeness (QED) is 0.823. The molecule has 1 heterocycles. The van der Waals surface area contributed by atoms with Crippen LogP contribution >= 0.6 is 15.9 Å². The van der Waals surface area contributed by atoms with Gasteiger partial charge in [-0.15, -0.1) is 0 Å². The maximum absolute atomic E-state index is 11.5. The number of rotatable bonds is 2. The monoisotopic (exact) mass is 368 g/mol. The van der Waals surface area contributed by atoms with Crippen LogP contribution in [0.1, 0.15) is 39.9 Å². The number of hydrogen-bond acceptors (Lipinski definition) is 3. The van der Waals surface area contributed by atoms with Gasteiger partial charge in [-0.05, 0) is 35.6 Å². The Balaban J connectivity index is 1.85. The molecule has 1 aliphatic carbocycles. The van der Waals surface area contributed by atoms with Gasteiger partial charge in [0.2, 0.25) is 0 Å². The van der Waals surface area contributed by atoms with E-state index in [-0.39, 0.29) is 17.5 Å². The second-order valence-electron chi connectivity index (χ2n) is 6.09. The Hall–Kier alpha value is -2.07. The van der Waals surface area contributed by atoms with E-state index in [1.54, 1.807) is 12.1 Å². The second-order valence-corrected chi connectivity index (χ2v) is 7.00. The van der Waals surface area contributed by atoms with Crippen LogP contribution in [0.2, 0.25) is 0 Å². The fraction of sp³-hybridized carbons (Fsp3) is 0.211. The average Bonchev–Trinajstić information content (AvgIpc) is 3.03. The smallest absolute Gasteiger partial charge is 0.0736 e. The van der Waals surface area contributed by atoms with E-state index in [0.717, 1.165) is 22.0 Å². The van der Waals surface area contributed by atoms with Crippen molar-refractivity contribution in [2.75, 3.05) is 5.32 Å². The van der Waals surface area contributed by atoms with Crippen LogP contribution in [-0.4, -0.2) is 5.97 Å². The molecule has 0 aromatic heterocycles. The number of allylic oxidation sites excluding steroid dienone is 2. The van der Waals surface area contributed by atoms with Gasteiger partial charge < -0.3 is 15.2 Å². The molecule has 0 saturated carbocycles. The number of para-hydroxylation sites is 1. The summed E-state index contributed by atoms with van der Waals surface area (Å²) in [6.07, 6.45) is 5.39. The van der Waals surface area contributed by atoms with Gasteiger partial charge in [-0.3, -0.25) is 0 Å². The van der Waals surface area contributed by atoms with Crippen molar-refractivity contribution in [2.24, 2.45) is 5.92 Å². The molecule has 3 atom stereocenters. The molecule has 2 aromatic rings. The summed E-state index contributed by atoms with van der Waals surface area (Å²) in [5.41, 5.74) is 3.15. The summed E-state index contributed by atoms with van der Waals surface area (Å²) in [5, 5.41) is 15.0. The number of halogens is 1. The van der Waals surface area contributed by atoms with Gasteiger partial charge in [-0.1, -0.05) is 58.4 Å². The highest BCUT2D eigenvalue weighted by Gasteiger charge is 2.38.